The van der Waals surface area contributed by atoms with Crippen LogP contribution < -0.4 is 5.46 Å². The molecule has 0 aromatic heterocycles. The number of fused-ring (bicyclic) bond motifs is 3. The molecular formula is C26H29BO2. The van der Waals surface area contributed by atoms with Crippen molar-refractivity contribution in [3.63, 3.8) is 0 Å². The van der Waals surface area contributed by atoms with Gasteiger partial charge in [0.2, 0.25) is 0 Å². The molecule has 3 heteroatoms. The van der Waals surface area contributed by atoms with Crippen molar-refractivity contribution in [3.8, 4) is 11.1 Å². The average Bonchev–Trinajstić information content (AvgIpc) is 2.97. The normalized spacial score (nSPS) is 18.3. The Balaban J connectivity index is 1.85. The Hall–Kier alpha value is -2.36. The van der Waals surface area contributed by atoms with Crippen LogP contribution in [0.1, 0.15) is 51.3 Å². The Kier molecular flexibility index (Phi) is 4.72. The van der Waals surface area contributed by atoms with Crippen molar-refractivity contribution in [1.29, 1.82) is 0 Å². The third-order valence-electron chi connectivity index (χ3n) is 6.84. The van der Waals surface area contributed by atoms with E-state index in [1.54, 1.807) is 13.8 Å². The minimum absolute atomic E-state index is 0.199. The van der Waals surface area contributed by atoms with Gasteiger partial charge in [0.05, 0.1) is 11.2 Å². The molecule has 0 amide bonds. The van der Waals surface area contributed by atoms with E-state index in [0.717, 1.165) is 5.46 Å². The second kappa shape index (κ2) is 6.86. The van der Waals surface area contributed by atoms with Gasteiger partial charge in [0.15, 0.2) is 0 Å². The summed E-state index contributed by atoms with van der Waals surface area (Å²) in [4.78, 5) is 0. The van der Waals surface area contributed by atoms with Gasteiger partial charge < -0.3 is 9.76 Å². The average molecular weight is 384 g/mol. The van der Waals surface area contributed by atoms with Crippen LogP contribution >= 0.6 is 0 Å². The number of hydrogen-bond donors (Lipinski definition) is 1. The van der Waals surface area contributed by atoms with E-state index in [2.05, 4.69) is 79.7 Å². The molecule has 1 unspecified atom stereocenters. The zero-order valence-corrected chi connectivity index (χ0v) is 18.0. The second-order valence-corrected chi connectivity index (χ2v) is 9.23. The van der Waals surface area contributed by atoms with Crippen molar-refractivity contribution in [3.05, 3.63) is 89.5 Å². The van der Waals surface area contributed by atoms with Gasteiger partial charge in [0.25, 0.3) is 0 Å². The number of hydrogen-bond acceptors (Lipinski definition) is 2. The van der Waals surface area contributed by atoms with E-state index in [0.29, 0.717) is 7.48 Å². The van der Waals surface area contributed by atoms with Gasteiger partial charge in [0, 0.05) is 5.41 Å². The molecule has 1 aliphatic rings. The maximum atomic E-state index is 10.5. The molecular weight excluding hydrogens is 355 g/mol. The first kappa shape index (κ1) is 19.9. The Morgan fingerprint density at radius 2 is 1.41 bits per heavy atom. The largest absolute Gasteiger partial charge is 0.427 e. The van der Waals surface area contributed by atoms with Crippen LogP contribution in [0.25, 0.3) is 11.1 Å². The monoisotopic (exact) mass is 384 g/mol. The summed E-state index contributed by atoms with van der Waals surface area (Å²) < 4.78 is 6.24. The Morgan fingerprint density at radius 3 is 2.10 bits per heavy atom. The van der Waals surface area contributed by atoms with Crippen molar-refractivity contribution in [2.24, 2.45) is 0 Å². The van der Waals surface area contributed by atoms with Crippen LogP contribution in [0, 0.1) is 0 Å². The molecule has 148 valence electrons. The Labute approximate surface area is 174 Å². The highest BCUT2D eigenvalue weighted by molar-refractivity contribution is 6.50. The van der Waals surface area contributed by atoms with Gasteiger partial charge in [-0.25, -0.2) is 0 Å². The topological polar surface area (TPSA) is 29.5 Å². The Bertz CT molecular complexity index is 1030. The highest BCUT2D eigenvalue weighted by Crippen LogP contribution is 2.51. The van der Waals surface area contributed by atoms with Crippen LogP contribution in [-0.2, 0) is 10.1 Å². The van der Waals surface area contributed by atoms with E-state index < -0.39 is 11.2 Å². The summed E-state index contributed by atoms with van der Waals surface area (Å²) >= 11 is 0. The zero-order valence-electron chi connectivity index (χ0n) is 18.0. The molecule has 0 saturated carbocycles. The molecule has 4 rings (SSSR count). The summed E-state index contributed by atoms with van der Waals surface area (Å²) in [5, 5.41) is 10.5. The lowest BCUT2D eigenvalue weighted by Gasteiger charge is -2.37. The molecule has 2 nitrogen and oxygen atoms in total. The third-order valence-corrected chi connectivity index (χ3v) is 6.84. The summed E-state index contributed by atoms with van der Waals surface area (Å²) in [6, 6.07) is 25.9. The first-order valence-corrected chi connectivity index (χ1v) is 10.3. The van der Waals surface area contributed by atoms with Gasteiger partial charge in [-0.05, 0) is 67.9 Å². The summed E-state index contributed by atoms with van der Waals surface area (Å²) in [7, 11) is 0.458. The van der Waals surface area contributed by atoms with Gasteiger partial charge in [-0.15, -0.1) is 0 Å². The van der Waals surface area contributed by atoms with Crippen molar-refractivity contribution in [2.45, 2.75) is 51.2 Å². The predicted octanol–water partition coefficient (Wildman–Crippen LogP) is 4.56. The SMILES string of the molecule is CC1(c2ccccc2)c2ccccc2-c2c(BOC(C)(C)C(C)(C)O)cccc21. The number of benzene rings is 3. The molecule has 0 fully saturated rings. The summed E-state index contributed by atoms with van der Waals surface area (Å²) in [6.07, 6.45) is 0. The number of aliphatic hydroxyl groups is 1. The molecule has 29 heavy (non-hydrogen) atoms. The van der Waals surface area contributed by atoms with E-state index in [1.807, 2.05) is 13.8 Å². The van der Waals surface area contributed by atoms with E-state index in [-0.39, 0.29) is 5.41 Å². The molecule has 0 saturated heterocycles. The van der Waals surface area contributed by atoms with E-state index >= 15 is 0 Å². The summed E-state index contributed by atoms with van der Waals surface area (Å²) in [5.41, 5.74) is 5.85. The molecule has 1 aliphatic carbocycles. The van der Waals surface area contributed by atoms with Crippen LogP contribution in [0.15, 0.2) is 72.8 Å². The lowest BCUT2D eigenvalue weighted by molar-refractivity contribution is -0.0893. The fourth-order valence-corrected chi connectivity index (χ4v) is 4.25. The van der Waals surface area contributed by atoms with Crippen LogP contribution in [0.3, 0.4) is 0 Å². The second-order valence-electron chi connectivity index (χ2n) is 9.23. The third kappa shape index (κ3) is 3.13. The van der Waals surface area contributed by atoms with Crippen molar-refractivity contribution < 1.29 is 9.76 Å². The maximum Gasteiger partial charge on any atom is 0.310 e. The van der Waals surface area contributed by atoms with Gasteiger partial charge >= 0.3 is 7.48 Å². The molecule has 0 heterocycles. The van der Waals surface area contributed by atoms with Crippen LogP contribution in [-0.4, -0.2) is 23.8 Å². The molecule has 3 aromatic rings. The van der Waals surface area contributed by atoms with E-state index in [1.165, 1.54) is 27.8 Å². The quantitative estimate of drug-likeness (QED) is 0.654. The fourth-order valence-electron chi connectivity index (χ4n) is 4.25. The zero-order chi connectivity index (χ0) is 20.9. The molecule has 0 spiro atoms. The first-order valence-electron chi connectivity index (χ1n) is 10.3. The summed E-state index contributed by atoms with van der Waals surface area (Å²) in [6.45, 7) is 9.79. The lowest BCUT2D eigenvalue weighted by Crippen LogP contribution is -2.49. The molecule has 0 radical (unpaired) electrons. The van der Waals surface area contributed by atoms with Crippen LogP contribution in [0.2, 0.25) is 0 Å². The smallest absolute Gasteiger partial charge is 0.310 e. The fraction of sp³-hybridized carbons (Fsp3) is 0.308. The standard InChI is InChI=1S/C26H29BO2/c1-24(2,28)25(3,4)29-27-22-17-11-16-21-23(22)19-14-9-10-15-20(19)26(21,5)18-12-7-6-8-13-18/h6-17,27-28H,1-5H3. The number of rotatable bonds is 5. The minimum atomic E-state index is -0.929. The molecule has 3 aromatic carbocycles. The molecule has 1 N–H and O–H groups in total. The van der Waals surface area contributed by atoms with Gasteiger partial charge in [-0.2, -0.15) is 0 Å². The predicted molar refractivity (Wildman–Crippen MR) is 122 cm³/mol. The van der Waals surface area contributed by atoms with Crippen LogP contribution in [0.5, 0.6) is 0 Å². The molecule has 0 bridgehead atoms. The summed E-state index contributed by atoms with van der Waals surface area (Å²) in [5.74, 6) is 0. The first-order chi connectivity index (χ1) is 13.7. The van der Waals surface area contributed by atoms with E-state index in [9.17, 15) is 5.11 Å². The molecule has 1 atom stereocenters. The van der Waals surface area contributed by atoms with Gasteiger partial charge in [0.1, 0.15) is 0 Å². The lowest BCUT2D eigenvalue weighted by atomic mass is 9.73. The van der Waals surface area contributed by atoms with Gasteiger partial charge in [-0.3, -0.25) is 0 Å². The maximum absolute atomic E-state index is 10.5. The van der Waals surface area contributed by atoms with Crippen molar-refractivity contribution in [2.75, 3.05) is 0 Å². The van der Waals surface area contributed by atoms with Crippen LogP contribution in [0.4, 0.5) is 0 Å². The Morgan fingerprint density at radius 1 is 0.793 bits per heavy atom. The van der Waals surface area contributed by atoms with Crippen molar-refractivity contribution >= 4 is 12.9 Å². The van der Waals surface area contributed by atoms with E-state index in [4.69, 9.17) is 4.65 Å². The molecule has 0 aliphatic heterocycles. The van der Waals surface area contributed by atoms with Crippen molar-refractivity contribution in [1.82, 2.24) is 0 Å². The van der Waals surface area contributed by atoms with Gasteiger partial charge in [-0.1, -0.05) is 72.8 Å². The highest BCUT2D eigenvalue weighted by Gasteiger charge is 2.42. The highest BCUT2D eigenvalue weighted by atomic mass is 16.5. The minimum Gasteiger partial charge on any atom is -0.427 e.